The molecule has 0 saturated carbocycles. The van der Waals surface area contributed by atoms with E-state index in [4.69, 9.17) is 11.6 Å². The SMILES string of the molecule is NC1=CCN(N)[C]=N1. The summed E-state index contributed by atoms with van der Waals surface area (Å²) in [6.07, 6.45) is 4.19. The predicted molar refractivity (Wildman–Crippen MR) is 30.6 cm³/mol. The molecule has 4 N–H and O–H groups in total. The molecule has 0 fully saturated rings. The quantitative estimate of drug-likeness (QED) is 0.389. The van der Waals surface area contributed by atoms with Crippen LogP contribution in [0, 0.1) is 0 Å². The van der Waals surface area contributed by atoms with E-state index in [1.807, 2.05) is 0 Å². The van der Waals surface area contributed by atoms with Crippen molar-refractivity contribution in [1.82, 2.24) is 5.01 Å². The number of nitrogens with zero attached hydrogens (tertiary/aromatic N) is 2. The first kappa shape index (κ1) is 5.11. The van der Waals surface area contributed by atoms with Crippen molar-refractivity contribution in [2.45, 2.75) is 0 Å². The van der Waals surface area contributed by atoms with Crippen LogP contribution in [0.25, 0.3) is 0 Å². The van der Waals surface area contributed by atoms with E-state index < -0.39 is 0 Å². The highest BCUT2D eigenvalue weighted by Crippen LogP contribution is 1.90. The fraction of sp³-hybridized carbons (Fsp3) is 0.250. The molecule has 0 atom stereocenters. The summed E-state index contributed by atoms with van der Waals surface area (Å²) in [7, 11) is 0. The van der Waals surface area contributed by atoms with Gasteiger partial charge in [0.15, 0.2) is 6.34 Å². The summed E-state index contributed by atoms with van der Waals surface area (Å²) in [5.74, 6) is 5.70. The molecule has 0 spiro atoms. The van der Waals surface area contributed by atoms with Crippen LogP contribution in [-0.4, -0.2) is 17.9 Å². The Morgan fingerprint density at radius 1 is 1.88 bits per heavy atom. The Kier molecular flexibility index (Phi) is 1.17. The minimum atomic E-state index is 0.478. The number of hydrazine groups is 1. The van der Waals surface area contributed by atoms with E-state index >= 15 is 0 Å². The van der Waals surface area contributed by atoms with Crippen LogP contribution in [0.4, 0.5) is 0 Å². The summed E-state index contributed by atoms with van der Waals surface area (Å²) in [6, 6.07) is 0. The van der Waals surface area contributed by atoms with Crippen LogP contribution in [-0.2, 0) is 0 Å². The highest BCUT2D eigenvalue weighted by atomic mass is 15.4. The molecule has 1 radical (unpaired) electrons. The molecule has 4 nitrogen and oxygen atoms in total. The van der Waals surface area contributed by atoms with Crippen LogP contribution in [0.5, 0.6) is 0 Å². The molecule has 0 unspecified atom stereocenters. The third-order valence-corrected chi connectivity index (χ3v) is 0.805. The number of rotatable bonds is 0. The first-order chi connectivity index (χ1) is 3.79. The number of hydrogen-bond donors (Lipinski definition) is 2. The average Bonchev–Trinajstić information content (AvgIpc) is 1.77. The number of hydrogen-bond acceptors (Lipinski definition) is 4. The molecule has 4 heteroatoms. The zero-order valence-electron chi connectivity index (χ0n) is 4.33. The van der Waals surface area contributed by atoms with Gasteiger partial charge in [0.05, 0.1) is 6.54 Å². The van der Waals surface area contributed by atoms with Gasteiger partial charge in [-0.3, -0.25) is 5.01 Å². The minimum absolute atomic E-state index is 0.478. The minimum Gasteiger partial charge on any atom is -0.384 e. The second-order valence-corrected chi connectivity index (χ2v) is 1.49. The molecule has 0 aromatic carbocycles. The smallest absolute Gasteiger partial charge is 0.189 e. The lowest BCUT2D eigenvalue weighted by Gasteiger charge is -2.11. The Bertz CT molecular complexity index is 137. The van der Waals surface area contributed by atoms with Gasteiger partial charge in [-0.15, -0.1) is 0 Å². The van der Waals surface area contributed by atoms with Crippen LogP contribution in [0.1, 0.15) is 0 Å². The van der Waals surface area contributed by atoms with E-state index in [0.717, 1.165) is 0 Å². The summed E-state index contributed by atoms with van der Waals surface area (Å²) >= 11 is 0. The Hall–Kier alpha value is -1.03. The Balaban J connectivity index is 2.58. The van der Waals surface area contributed by atoms with Crippen molar-refractivity contribution in [3.8, 4) is 0 Å². The van der Waals surface area contributed by atoms with E-state index in [1.165, 1.54) is 5.01 Å². The van der Waals surface area contributed by atoms with E-state index in [-0.39, 0.29) is 0 Å². The Morgan fingerprint density at radius 3 is 3.00 bits per heavy atom. The van der Waals surface area contributed by atoms with Crippen molar-refractivity contribution >= 4 is 6.34 Å². The second kappa shape index (κ2) is 1.83. The lowest BCUT2D eigenvalue weighted by Crippen LogP contribution is -2.32. The molecule has 1 aliphatic heterocycles. The van der Waals surface area contributed by atoms with Crippen LogP contribution in [0.15, 0.2) is 16.9 Å². The van der Waals surface area contributed by atoms with Crippen molar-refractivity contribution in [2.75, 3.05) is 6.54 Å². The van der Waals surface area contributed by atoms with Crippen LogP contribution in [0.2, 0.25) is 0 Å². The fourth-order valence-corrected chi connectivity index (χ4v) is 0.400. The van der Waals surface area contributed by atoms with Gasteiger partial charge in [-0.1, -0.05) is 0 Å². The summed E-state index contributed by atoms with van der Waals surface area (Å²) in [4.78, 5) is 3.60. The molecule has 1 rings (SSSR count). The van der Waals surface area contributed by atoms with Gasteiger partial charge in [0.1, 0.15) is 5.82 Å². The van der Waals surface area contributed by atoms with Crippen molar-refractivity contribution in [1.29, 1.82) is 0 Å². The molecular weight excluding hydrogens is 104 g/mol. The predicted octanol–water partition coefficient (Wildman–Crippen LogP) is -1.12. The van der Waals surface area contributed by atoms with Crippen molar-refractivity contribution in [2.24, 2.45) is 16.6 Å². The molecule has 8 heavy (non-hydrogen) atoms. The molecule has 0 bridgehead atoms. The highest BCUT2D eigenvalue weighted by Gasteiger charge is 1.96. The maximum Gasteiger partial charge on any atom is 0.189 e. The molecule has 0 amide bonds. The van der Waals surface area contributed by atoms with E-state index in [1.54, 1.807) is 6.08 Å². The van der Waals surface area contributed by atoms with Gasteiger partial charge in [0, 0.05) is 0 Å². The van der Waals surface area contributed by atoms with Gasteiger partial charge in [-0.25, -0.2) is 10.8 Å². The maximum absolute atomic E-state index is 5.25. The summed E-state index contributed by atoms with van der Waals surface area (Å²) < 4.78 is 0. The normalized spacial score (nSPS) is 18.6. The first-order valence-corrected chi connectivity index (χ1v) is 2.23. The van der Waals surface area contributed by atoms with Crippen molar-refractivity contribution in [3.63, 3.8) is 0 Å². The van der Waals surface area contributed by atoms with Gasteiger partial charge in [-0.05, 0) is 6.08 Å². The molecular formula is C4H7N4. The van der Waals surface area contributed by atoms with Crippen LogP contribution in [0.3, 0.4) is 0 Å². The van der Waals surface area contributed by atoms with Gasteiger partial charge in [0.25, 0.3) is 0 Å². The van der Waals surface area contributed by atoms with Crippen LogP contribution < -0.4 is 11.6 Å². The standard InChI is InChI=1S/C4H7N4/c5-4-1-2-8(6)3-7-4/h1H,2,5-6H2. The van der Waals surface area contributed by atoms with Crippen LogP contribution >= 0.6 is 0 Å². The molecule has 0 aromatic rings. The van der Waals surface area contributed by atoms with E-state index in [2.05, 4.69) is 11.3 Å². The summed E-state index contributed by atoms with van der Waals surface area (Å²) in [6.45, 7) is 0.593. The van der Waals surface area contributed by atoms with Crippen molar-refractivity contribution < 1.29 is 0 Å². The fourth-order valence-electron chi connectivity index (χ4n) is 0.400. The lowest BCUT2D eigenvalue weighted by molar-refractivity contribution is 0.495. The van der Waals surface area contributed by atoms with Crippen molar-refractivity contribution in [3.05, 3.63) is 11.9 Å². The maximum atomic E-state index is 5.25. The largest absolute Gasteiger partial charge is 0.384 e. The third-order valence-electron chi connectivity index (χ3n) is 0.805. The second-order valence-electron chi connectivity index (χ2n) is 1.49. The summed E-state index contributed by atoms with van der Waals surface area (Å²) in [5.41, 5.74) is 5.25. The van der Waals surface area contributed by atoms with Gasteiger partial charge < -0.3 is 5.73 Å². The highest BCUT2D eigenvalue weighted by molar-refractivity contribution is 5.57. The molecule has 0 saturated heterocycles. The molecule has 1 aliphatic rings. The van der Waals surface area contributed by atoms with E-state index in [0.29, 0.717) is 12.4 Å². The Morgan fingerprint density at radius 2 is 2.62 bits per heavy atom. The zero-order chi connectivity index (χ0) is 5.98. The molecule has 1 heterocycles. The Labute approximate surface area is 47.4 Å². The van der Waals surface area contributed by atoms with Gasteiger partial charge in [-0.2, -0.15) is 0 Å². The first-order valence-electron chi connectivity index (χ1n) is 2.23. The third kappa shape index (κ3) is 0.974. The molecule has 0 aliphatic carbocycles. The molecule has 43 valence electrons. The average molecular weight is 111 g/mol. The number of aliphatic imine (C=N–C) groups is 1. The number of nitrogens with two attached hydrogens (primary N) is 2. The summed E-state index contributed by atoms with van der Waals surface area (Å²) in [5, 5.41) is 1.33. The monoisotopic (exact) mass is 111 g/mol. The van der Waals surface area contributed by atoms with Gasteiger partial charge in [0.2, 0.25) is 0 Å². The molecule has 0 aromatic heterocycles. The van der Waals surface area contributed by atoms with Gasteiger partial charge >= 0.3 is 0 Å². The topological polar surface area (TPSA) is 67.6 Å². The van der Waals surface area contributed by atoms with E-state index in [9.17, 15) is 0 Å². The lowest BCUT2D eigenvalue weighted by atomic mass is 10.5. The zero-order valence-corrected chi connectivity index (χ0v) is 4.33.